The zero-order valence-corrected chi connectivity index (χ0v) is 19.7. The Morgan fingerprint density at radius 3 is 2.29 bits per heavy atom. The Morgan fingerprint density at radius 2 is 1.69 bits per heavy atom. The van der Waals surface area contributed by atoms with Gasteiger partial charge in [-0.3, -0.25) is 4.79 Å². The van der Waals surface area contributed by atoms with Crippen LogP contribution in [0.1, 0.15) is 18.4 Å². The highest BCUT2D eigenvalue weighted by Gasteiger charge is 2.47. The molecule has 2 unspecified atom stereocenters. The zero-order chi connectivity index (χ0) is 25.7. The number of rotatable bonds is 5. The third-order valence-corrected chi connectivity index (χ3v) is 7.36. The number of nitrogens with zero attached hydrogens (tertiary/aromatic N) is 3. The third-order valence-electron chi connectivity index (χ3n) is 5.86. The van der Waals surface area contributed by atoms with Gasteiger partial charge in [0, 0.05) is 25.4 Å². The molecule has 1 aromatic heterocycles. The fraction of sp³-hybridized carbons (Fsp3) is 0.261. The second-order valence-electron chi connectivity index (χ2n) is 8.31. The first kappa shape index (κ1) is 24.5. The van der Waals surface area contributed by atoms with Crippen LogP contribution in [-0.4, -0.2) is 51.0 Å². The third kappa shape index (κ3) is 4.18. The Labute approximate surface area is 199 Å². The summed E-state index contributed by atoms with van der Waals surface area (Å²) in [6.07, 6.45) is 0. The first-order valence-corrected chi connectivity index (χ1v) is 11.9. The lowest BCUT2D eigenvalue weighted by atomic mass is 9.90. The van der Waals surface area contributed by atoms with Crippen LogP contribution in [0.5, 0.6) is 0 Å². The number of carbonyl (C=O) groups excluding carboxylic acids is 2. The van der Waals surface area contributed by atoms with Crippen LogP contribution in [0, 0.1) is 0 Å². The lowest BCUT2D eigenvalue weighted by Gasteiger charge is -2.22. The summed E-state index contributed by atoms with van der Waals surface area (Å²) < 4.78 is 61.6. The highest BCUT2D eigenvalue weighted by molar-refractivity contribution is 7.92. The van der Waals surface area contributed by atoms with E-state index in [1.165, 1.54) is 0 Å². The van der Waals surface area contributed by atoms with Gasteiger partial charge in [-0.05, 0) is 42.0 Å². The van der Waals surface area contributed by atoms with Crippen molar-refractivity contribution in [1.82, 2.24) is 10.3 Å². The molecule has 4 rings (SSSR count). The Bertz CT molecular complexity index is 1420. The molecule has 1 saturated heterocycles. The monoisotopic (exact) mass is 506 g/mol. The van der Waals surface area contributed by atoms with Gasteiger partial charge in [-0.2, -0.15) is 13.2 Å². The number of pyridine rings is 1. The van der Waals surface area contributed by atoms with Gasteiger partial charge in [0.15, 0.2) is 0 Å². The topological polar surface area (TPSA) is 99.7 Å². The normalized spacial score (nSPS) is 17.5. The van der Waals surface area contributed by atoms with E-state index in [1.54, 1.807) is 6.92 Å². The molecule has 2 atom stereocenters. The minimum absolute atomic E-state index is 0.0445. The molecule has 3 amide bonds. The highest BCUT2D eigenvalue weighted by atomic mass is 32.2. The average molecular weight is 507 g/mol. The molecule has 2 heterocycles. The van der Waals surface area contributed by atoms with E-state index in [9.17, 15) is 31.2 Å². The molecular weight excluding hydrogens is 485 g/mol. The number of anilines is 2. The van der Waals surface area contributed by atoms with E-state index in [4.69, 9.17) is 0 Å². The van der Waals surface area contributed by atoms with E-state index in [0.717, 1.165) is 45.6 Å². The molecule has 12 heteroatoms. The standard InChI is InChI=1S/C23H21F3N4O4S/c1-13(17-12-19(29(2)3)27-18-7-5-4-6-16(17)18)20-21(31)30(22(32)28-20)14-8-10-15(11-9-14)35(33,34)23(24,25)26/h4-13,20H,1-3H3,(H,28,32). The van der Waals surface area contributed by atoms with Crippen LogP contribution < -0.4 is 15.1 Å². The Morgan fingerprint density at radius 1 is 1.06 bits per heavy atom. The van der Waals surface area contributed by atoms with Gasteiger partial charge >= 0.3 is 11.5 Å². The molecule has 0 bridgehead atoms. The van der Waals surface area contributed by atoms with Gasteiger partial charge in [-0.15, -0.1) is 0 Å². The summed E-state index contributed by atoms with van der Waals surface area (Å²) in [7, 11) is -1.89. The minimum Gasteiger partial charge on any atom is -0.363 e. The number of aromatic nitrogens is 1. The van der Waals surface area contributed by atoms with Gasteiger partial charge in [0.05, 0.1) is 16.1 Å². The van der Waals surface area contributed by atoms with Crippen LogP contribution in [-0.2, 0) is 14.6 Å². The smallest absolute Gasteiger partial charge is 0.363 e. The van der Waals surface area contributed by atoms with E-state index in [1.807, 2.05) is 49.3 Å². The van der Waals surface area contributed by atoms with E-state index in [-0.39, 0.29) is 5.69 Å². The van der Waals surface area contributed by atoms with E-state index in [2.05, 4.69) is 10.3 Å². The molecule has 0 spiro atoms. The summed E-state index contributed by atoms with van der Waals surface area (Å²) in [5, 5.41) is 3.45. The molecule has 1 aliphatic heterocycles. The van der Waals surface area contributed by atoms with Crippen LogP contribution in [0.4, 0.5) is 29.5 Å². The average Bonchev–Trinajstić information content (AvgIpc) is 3.10. The van der Waals surface area contributed by atoms with Crippen molar-refractivity contribution < 1.29 is 31.2 Å². The van der Waals surface area contributed by atoms with Crippen LogP contribution in [0.25, 0.3) is 10.9 Å². The van der Waals surface area contributed by atoms with E-state index < -0.39 is 44.1 Å². The van der Waals surface area contributed by atoms with Gasteiger partial charge in [0.25, 0.3) is 15.7 Å². The van der Waals surface area contributed by atoms with Crippen LogP contribution in [0.15, 0.2) is 59.5 Å². The second kappa shape index (κ2) is 8.52. The highest BCUT2D eigenvalue weighted by Crippen LogP contribution is 2.35. The molecule has 0 saturated carbocycles. The molecule has 35 heavy (non-hydrogen) atoms. The number of carbonyl (C=O) groups is 2. The maximum atomic E-state index is 13.2. The molecule has 1 fully saturated rings. The fourth-order valence-electron chi connectivity index (χ4n) is 3.96. The van der Waals surface area contributed by atoms with Crippen LogP contribution in [0.2, 0.25) is 0 Å². The van der Waals surface area contributed by atoms with E-state index >= 15 is 0 Å². The Balaban J connectivity index is 1.67. The number of imide groups is 1. The van der Waals surface area contributed by atoms with Gasteiger partial charge in [0.1, 0.15) is 11.9 Å². The lowest BCUT2D eigenvalue weighted by molar-refractivity contribution is -0.118. The van der Waals surface area contributed by atoms with Gasteiger partial charge in [0.2, 0.25) is 0 Å². The summed E-state index contributed by atoms with van der Waals surface area (Å²) in [6, 6.07) is 10.9. The van der Waals surface area contributed by atoms with Gasteiger partial charge in [-0.1, -0.05) is 25.1 Å². The van der Waals surface area contributed by atoms with Crippen molar-refractivity contribution in [3.05, 3.63) is 60.2 Å². The number of hydrogen-bond acceptors (Lipinski definition) is 6. The van der Waals surface area contributed by atoms with Crippen LogP contribution >= 0.6 is 0 Å². The molecular formula is C23H21F3N4O4S. The molecule has 0 radical (unpaired) electrons. The number of benzene rings is 2. The van der Waals surface area contributed by atoms with Crippen LogP contribution in [0.3, 0.4) is 0 Å². The fourth-order valence-corrected chi connectivity index (χ4v) is 4.72. The number of nitrogens with one attached hydrogen (secondary N) is 1. The van der Waals surface area contributed by atoms with Crippen molar-refractivity contribution in [1.29, 1.82) is 0 Å². The maximum Gasteiger partial charge on any atom is 0.501 e. The second-order valence-corrected chi connectivity index (χ2v) is 10.3. The maximum absolute atomic E-state index is 13.2. The molecule has 1 aliphatic rings. The lowest BCUT2D eigenvalue weighted by Crippen LogP contribution is -2.35. The summed E-state index contributed by atoms with van der Waals surface area (Å²) in [4.78, 5) is 32.2. The first-order valence-electron chi connectivity index (χ1n) is 10.5. The number of halogens is 3. The number of para-hydroxylation sites is 1. The number of alkyl halides is 3. The number of urea groups is 1. The molecule has 8 nitrogen and oxygen atoms in total. The van der Waals surface area contributed by atoms with Gasteiger partial charge < -0.3 is 10.2 Å². The summed E-state index contributed by atoms with van der Waals surface area (Å²) in [5.41, 5.74) is -4.01. The van der Waals surface area contributed by atoms with Crippen molar-refractivity contribution in [2.45, 2.75) is 29.3 Å². The number of amides is 3. The van der Waals surface area contributed by atoms with E-state index in [0.29, 0.717) is 5.82 Å². The van der Waals surface area contributed by atoms with Crippen molar-refractivity contribution in [3.63, 3.8) is 0 Å². The Hall–Kier alpha value is -3.67. The molecule has 3 aromatic rings. The molecule has 2 aromatic carbocycles. The molecule has 184 valence electrons. The molecule has 0 aliphatic carbocycles. The summed E-state index contributed by atoms with van der Waals surface area (Å²) in [6.45, 7) is 1.78. The quantitative estimate of drug-likeness (QED) is 0.528. The number of hydrogen-bond donors (Lipinski definition) is 1. The van der Waals surface area contributed by atoms with Crippen molar-refractivity contribution in [2.24, 2.45) is 0 Å². The Kier molecular flexibility index (Phi) is 5.95. The predicted molar refractivity (Wildman–Crippen MR) is 124 cm³/mol. The zero-order valence-electron chi connectivity index (χ0n) is 18.9. The van der Waals surface area contributed by atoms with Crippen molar-refractivity contribution >= 4 is 44.2 Å². The predicted octanol–water partition coefficient (Wildman–Crippen LogP) is 3.82. The SMILES string of the molecule is CC(c1cc(N(C)C)nc2ccccc12)C1NC(=O)N(c2ccc(S(=O)(=O)C(F)(F)F)cc2)C1=O. The van der Waals surface area contributed by atoms with Crippen molar-refractivity contribution in [3.8, 4) is 0 Å². The number of fused-ring (bicyclic) bond motifs is 1. The number of sulfone groups is 1. The summed E-state index contributed by atoms with van der Waals surface area (Å²) in [5.74, 6) is -0.421. The summed E-state index contributed by atoms with van der Waals surface area (Å²) >= 11 is 0. The first-order chi connectivity index (χ1) is 16.3. The van der Waals surface area contributed by atoms with Gasteiger partial charge in [-0.25, -0.2) is 23.1 Å². The largest absolute Gasteiger partial charge is 0.501 e. The minimum atomic E-state index is -5.55. The molecule has 1 N–H and O–H groups in total. The van der Waals surface area contributed by atoms with Crippen molar-refractivity contribution in [2.75, 3.05) is 23.9 Å².